The van der Waals surface area contributed by atoms with Crippen molar-refractivity contribution in [3.63, 3.8) is 0 Å². The van der Waals surface area contributed by atoms with Gasteiger partial charge in [0.2, 0.25) is 0 Å². The third-order valence-corrected chi connectivity index (χ3v) is 4.57. The summed E-state index contributed by atoms with van der Waals surface area (Å²) in [6, 6.07) is 0. The van der Waals surface area contributed by atoms with Crippen LogP contribution in [-0.4, -0.2) is 57.4 Å². The highest BCUT2D eigenvalue weighted by atomic mass is 32.1. The number of ether oxygens (including phenoxy) is 1. The number of amides is 1. The Morgan fingerprint density at radius 2 is 2.27 bits per heavy atom. The van der Waals surface area contributed by atoms with Gasteiger partial charge in [0.05, 0.1) is 12.1 Å². The van der Waals surface area contributed by atoms with Crippen LogP contribution in [0.1, 0.15) is 35.1 Å². The van der Waals surface area contributed by atoms with Gasteiger partial charge in [-0.2, -0.15) is 0 Å². The van der Waals surface area contributed by atoms with Crippen LogP contribution < -0.4 is 0 Å². The van der Waals surface area contributed by atoms with Crippen LogP contribution in [0.5, 0.6) is 0 Å². The van der Waals surface area contributed by atoms with Gasteiger partial charge in [-0.1, -0.05) is 0 Å². The lowest BCUT2D eigenvalue weighted by Gasteiger charge is -2.31. The minimum atomic E-state index is 0.0283. The van der Waals surface area contributed by atoms with Crippen LogP contribution >= 0.6 is 11.3 Å². The second-order valence-corrected chi connectivity index (χ2v) is 6.03. The molecule has 0 bridgehead atoms. The standard InChI is InChI=1S/C14H19N5O2S/c1-21-7-6-19-9-16-17-13(19)11-2-4-18(5-3-11)14(20)12-8-22-10-15-12/h8-11H,2-7H2,1H3. The maximum Gasteiger partial charge on any atom is 0.273 e. The van der Waals surface area contributed by atoms with E-state index >= 15 is 0 Å². The normalized spacial score (nSPS) is 16.1. The topological polar surface area (TPSA) is 73.1 Å². The Balaban J connectivity index is 1.60. The molecule has 1 aliphatic heterocycles. The van der Waals surface area contributed by atoms with Crippen molar-refractivity contribution in [1.82, 2.24) is 24.6 Å². The highest BCUT2D eigenvalue weighted by molar-refractivity contribution is 7.07. The Labute approximate surface area is 132 Å². The first-order valence-electron chi connectivity index (χ1n) is 7.33. The molecule has 0 N–H and O–H groups in total. The molecule has 0 atom stereocenters. The molecule has 118 valence electrons. The van der Waals surface area contributed by atoms with E-state index in [1.807, 2.05) is 9.47 Å². The van der Waals surface area contributed by atoms with Crippen LogP contribution in [0, 0.1) is 0 Å². The fraction of sp³-hybridized carbons (Fsp3) is 0.571. The van der Waals surface area contributed by atoms with Gasteiger partial charge in [-0.15, -0.1) is 21.5 Å². The molecule has 1 aliphatic rings. The molecule has 22 heavy (non-hydrogen) atoms. The maximum absolute atomic E-state index is 12.3. The number of carbonyl (C=O) groups is 1. The van der Waals surface area contributed by atoms with Crippen LogP contribution in [0.3, 0.4) is 0 Å². The highest BCUT2D eigenvalue weighted by Crippen LogP contribution is 2.27. The lowest BCUT2D eigenvalue weighted by molar-refractivity contribution is 0.0704. The zero-order valence-electron chi connectivity index (χ0n) is 12.5. The molecule has 0 aromatic carbocycles. The average Bonchev–Trinajstić information content (AvgIpc) is 3.24. The number of methoxy groups -OCH3 is 1. The van der Waals surface area contributed by atoms with Crippen LogP contribution in [0.4, 0.5) is 0 Å². The summed E-state index contributed by atoms with van der Waals surface area (Å²) in [5.74, 6) is 1.37. The number of hydrogen-bond acceptors (Lipinski definition) is 6. The van der Waals surface area contributed by atoms with Crippen molar-refractivity contribution in [2.45, 2.75) is 25.3 Å². The first kappa shape index (κ1) is 15.1. The van der Waals surface area contributed by atoms with E-state index in [1.54, 1.807) is 24.3 Å². The smallest absolute Gasteiger partial charge is 0.273 e. The van der Waals surface area contributed by atoms with Gasteiger partial charge in [-0.25, -0.2) is 4.98 Å². The maximum atomic E-state index is 12.3. The summed E-state index contributed by atoms with van der Waals surface area (Å²) in [5, 5.41) is 10.1. The van der Waals surface area contributed by atoms with E-state index in [-0.39, 0.29) is 5.91 Å². The van der Waals surface area contributed by atoms with Gasteiger partial charge in [0.15, 0.2) is 0 Å². The third kappa shape index (κ3) is 3.17. The number of rotatable bonds is 5. The Hall–Kier alpha value is -1.80. The van der Waals surface area contributed by atoms with E-state index < -0.39 is 0 Å². The fourth-order valence-corrected chi connectivity index (χ4v) is 3.29. The summed E-state index contributed by atoms with van der Waals surface area (Å²) in [5.41, 5.74) is 2.24. The van der Waals surface area contributed by atoms with E-state index in [0.29, 0.717) is 18.2 Å². The van der Waals surface area contributed by atoms with E-state index in [1.165, 1.54) is 11.3 Å². The van der Waals surface area contributed by atoms with Crippen molar-refractivity contribution in [2.75, 3.05) is 26.8 Å². The molecule has 3 heterocycles. The van der Waals surface area contributed by atoms with Gasteiger partial charge in [-0.05, 0) is 12.8 Å². The number of piperidine rings is 1. The number of aromatic nitrogens is 4. The number of hydrogen-bond donors (Lipinski definition) is 0. The van der Waals surface area contributed by atoms with Crippen molar-refractivity contribution in [3.05, 3.63) is 28.7 Å². The average molecular weight is 321 g/mol. The summed E-state index contributed by atoms with van der Waals surface area (Å²) in [6.45, 7) is 2.87. The van der Waals surface area contributed by atoms with Crippen LogP contribution in [0.2, 0.25) is 0 Å². The van der Waals surface area contributed by atoms with Gasteiger partial charge >= 0.3 is 0 Å². The second kappa shape index (κ2) is 6.97. The number of thiazole rings is 1. The predicted molar refractivity (Wildman–Crippen MR) is 81.9 cm³/mol. The predicted octanol–water partition coefficient (Wildman–Crippen LogP) is 1.40. The van der Waals surface area contributed by atoms with Crippen molar-refractivity contribution in [2.24, 2.45) is 0 Å². The first-order chi connectivity index (χ1) is 10.8. The highest BCUT2D eigenvalue weighted by Gasteiger charge is 2.27. The molecule has 2 aromatic heterocycles. The molecule has 0 radical (unpaired) electrons. The zero-order chi connectivity index (χ0) is 15.4. The summed E-state index contributed by atoms with van der Waals surface area (Å²) >= 11 is 1.45. The molecule has 1 saturated heterocycles. The van der Waals surface area contributed by atoms with Gasteiger partial charge in [0, 0.05) is 38.0 Å². The Kier molecular flexibility index (Phi) is 4.79. The van der Waals surface area contributed by atoms with Crippen LogP contribution in [0.25, 0.3) is 0 Å². The monoisotopic (exact) mass is 321 g/mol. The van der Waals surface area contributed by atoms with Crippen LogP contribution in [0.15, 0.2) is 17.2 Å². The van der Waals surface area contributed by atoms with E-state index in [4.69, 9.17) is 4.74 Å². The SMILES string of the molecule is COCCn1cnnc1C1CCN(C(=O)c2cscn2)CC1. The molecule has 1 amide bonds. The van der Waals surface area contributed by atoms with Crippen LogP contribution in [-0.2, 0) is 11.3 Å². The van der Waals surface area contributed by atoms with Gasteiger partial charge in [0.25, 0.3) is 5.91 Å². The van der Waals surface area contributed by atoms with Crippen molar-refractivity contribution in [3.8, 4) is 0 Å². The van der Waals surface area contributed by atoms with Gasteiger partial charge in [0.1, 0.15) is 17.8 Å². The van der Waals surface area contributed by atoms with E-state index in [9.17, 15) is 4.79 Å². The summed E-state index contributed by atoms with van der Waals surface area (Å²) in [4.78, 5) is 18.3. The lowest BCUT2D eigenvalue weighted by Crippen LogP contribution is -2.38. The molecular weight excluding hydrogens is 302 g/mol. The second-order valence-electron chi connectivity index (χ2n) is 5.32. The van der Waals surface area contributed by atoms with E-state index in [0.717, 1.165) is 38.3 Å². The molecule has 8 heteroatoms. The van der Waals surface area contributed by atoms with Crippen molar-refractivity contribution >= 4 is 17.2 Å². The minimum absolute atomic E-state index is 0.0283. The molecular formula is C14H19N5O2S. The molecule has 1 fully saturated rings. The Bertz CT molecular complexity index is 605. The molecule has 3 rings (SSSR count). The van der Waals surface area contributed by atoms with Crippen molar-refractivity contribution in [1.29, 1.82) is 0 Å². The molecule has 0 aliphatic carbocycles. The fourth-order valence-electron chi connectivity index (χ4n) is 2.76. The molecule has 0 unspecified atom stereocenters. The van der Waals surface area contributed by atoms with E-state index in [2.05, 4.69) is 15.2 Å². The van der Waals surface area contributed by atoms with Gasteiger partial charge < -0.3 is 14.2 Å². The third-order valence-electron chi connectivity index (χ3n) is 3.98. The number of nitrogens with zero attached hydrogens (tertiary/aromatic N) is 5. The quantitative estimate of drug-likeness (QED) is 0.832. The number of likely N-dealkylation sites (tertiary alicyclic amines) is 1. The zero-order valence-corrected chi connectivity index (χ0v) is 13.3. The summed E-state index contributed by atoms with van der Waals surface area (Å²) in [7, 11) is 1.69. The number of carbonyl (C=O) groups excluding carboxylic acids is 1. The molecule has 0 spiro atoms. The minimum Gasteiger partial charge on any atom is -0.383 e. The molecule has 0 saturated carbocycles. The molecule has 7 nitrogen and oxygen atoms in total. The largest absolute Gasteiger partial charge is 0.383 e. The Morgan fingerprint density at radius 3 is 2.95 bits per heavy atom. The summed E-state index contributed by atoms with van der Waals surface area (Å²) < 4.78 is 7.16. The summed E-state index contributed by atoms with van der Waals surface area (Å²) in [6.07, 6.45) is 3.56. The Morgan fingerprint density at radius 1 is 1.45 bits per heavy atom. The first-order valence-corrected chi connectivity index (χ1v) is 8.28. The molecule has 2 aromatic rings. The van der Waals surface area contributed by atoms with Gasteiger partial charge in [-0.3, -0.25) is 4.79 Å². The van der Waals surface area contributed by atoms with Crippen molar-refractivity contribution < 1.29 is 9.53 Å². The lowest BCUT2D eigenvalue weighted by atomic mass is 9.95.